The number of hydrogen-bond donors (Lipinski definition) is 0. The second-order valence-electron chi connectivity index (χ2n) is 11.3. The SMILES string of the molecule is CCCC1CCC(C2CCC(c3ccc(CCC(F)(F)Oc4ccc(OCC)c(F)c4F)cc3)CC2)CC1. The molecule has 4 rings (SSSR count). The summed E-state index contributed by atoms with van der Waals surface area (Å²) in [6, 6.07) is 10.0. The van der Waals surface area contributed by atoms with Crippen molar-refractivity contribution < 1.29 is 27.0 Å². The van der Waals surface area contributed by atoms with Crippen LogP contribution in [0.3, 0.4) is 0 Å². The van der Waals surface area contributed by atoms with Crippen LogP contribution in [0, 0.1) is 29.4 Å². The quantitative estimate of drug-likeness (QED) is 0.267. The summed E-state index contributed by atoms with van der Waals surface area (Å²) in [5, 5.41) is 0. The van der Waals surface area contributed by atoms with Crippen molar-refractivity contribution in [2.45, 2.75) is 103 Å². The topological polar surface area (TPSA) is 18.5 Å². The summed E-state index contributed by atoms with van der Waals surface area (Å²) < 4.78 is 66.5. The average molecular weight is 535 g/mol. The summed E-state index contributed by atoms with van der Waals surface area (Å²) in [7, 11) is 0. The molecule has 0 bridgehead atoms. The van der Waals surface area contributed by atoms with Crippen LogP contribution >= 0.6 is 0 Å². The maximum atomic E-state index is 14.4. The van der Waals surface area contributed by atoms with Crippen LogP contribution in [0.1, 0.15) is 102 Å². The molecule has 0 heterocycles. The van der Waals surface area contributed by atoms with Gasteiger partial charge in [-0.2, -0.15) is 17.6 Å². The third kappa shape index (κ3) is 7.45. The first-order valence-electron chi connectivity index (χ1n) is 14.6. The zero-order valence-electron chi connectivity index (χ0n) is 22.8. The van der Waals surface area contributed by atoms with Crippen molar-refractivity contribution in [1.29, 1.82) is 0 Å². The predicted molar refractivity (Wildman–Crippen MR) is 143 cm³/mol. The Morgan fingerprint density at radius 1 is 0.763 bits per heavy atom. The van der Waals surface area contributed by atoms with Crippen LogP contribution in [0.25, 0.3) is 0 Å². The van der Waals surface area contributed by atoms with Gasteiger partial charge in [-0.15, -0.1) is 0 Å². The molecule has 6 heteroatoms. The van der Waals surface area contributed by atoms with Gasteiger partial charge in [0, 0.05) is 0 Å². The molecule has 0 radical (unpaired) electrons. The zero-order valence-corrected chi connectivity index (χ0v) is 22.8. The number of hydrogen-bond acceptors (Lipinski definition) is 2. The third-order valence-electron chi connectivity index (χ3n) is 8.75. The van der Waals surface area contributed by atoms with E-state index in [4.69, 9.17) is 4.74 Å². The Bertz CT molecular complexity index is 1010. The molecule has 0 atom stereocenters. The lowest BCUT2D eigenvalue weighted by atomic mass is 9.68. The number of aryl methyl sites for hydroxylation is 1. The maximum absolute atomic E-state index is 14.4. The number of rotatable bonds is 11. The molecule has 0 unspecified atom stereocenters. The summed E-state index contributed by atoms with van der Waals surface area (Å²) >= 11 is 0. The lowest BCUT2D eigenvalue weighted by molar-refractivity contribution is -0.181. The van der Waals surface area contributed by atoms with Crippen LogP contribution in [-0.4, -0.2) is 12.7 Å². The molecule has 210 valence electrons. The summed E-state index contributed by atoms with van der Waals surface area (Å²) in [6.45, 7) is 4.04. The second-order valence-corrected chi connectivity index (χ2v) is 11.3. The van der Waals surface area contributed by atoms with Crippen LogP contribution in [0.2, 0.25) is 0 Å². The Hall–Kier alpha value is -2.24. The lowest BCUT2D eigenvalue weighted by Crippen LogP contribution is -2.26. The normalized spacial score (nSPS) is 24.3. The van der Waals surface area contributed by atoms with E-state index < -0.39 is 29.9 Å². The number of ether oxygens (including phenoxy) is 2. The fourth-order valence-electron chi connectivity index (χ4n) is 6.60. The van der Waals surface area contributed by atoms with Gasteiger partial charge in [0.2, 0.25) is 11.6 Å². The number of alkyl halides is 2. The van der Waals surface area contributed by atoms with Crippen molar-refractivity contribution in [1.82, 2.24) is 0 Å². The molecule has 2 aromatic carbocycles. The highest BCUT2D eigenvalue weighted by Gasteiger charge is 2.34. The minimum atomic E-state index is -3.63. The van der Waals surface area contributed by atoms with Gasteiger partial charge in [0.1, 0.15) is 0 Å². The molecule has 0 aliphatic heterocycles. The lowest BCUT2D eigenvalue weighted by Gasteiger charge is -2.38. The van der Waals surface area contributed by atoms with Crippen molar-refractivity contribution in [2.75, 3.05) is 6.61 Å². The molecule has 0 aromatic heterocycles. The molecule has 0 N–H and O–H groups in total. The Balaban J connectivity index is 1.24. The molecule has 2 aliphatic rings. The zero-order chi connectivity index (χ0) is 27.1. The monoisotopic (exact) mass is 534 g/mol. The maximum Gasteiger partial charge on any atom is 0.398 e. The smallest absolute Gasteiger partial charge is 0.398 e. The molecule has 38 heavy (non-hydrogen) atoms. The first kappa shape index (κ1) is 28.8. The minimum absolute atomic E-state index is 0.0713. The van der Waals surface area contributed by atoms with E-state index in [0.717, 1.165) is 35.4 Å². The van der Waals surface area contributed by atoms with E-state index in [-0.39, 0.29) is 18.8 Å². The van der Waals surface area contributed by atoms with Crippen molar-refractivity contribution in [3.8, 4) is 11.5 Å². The molecular weight excluding hydrogens is 492 g/mol. The molecule has 0 spiro atoms. The van der Waals surface area contributed by atoms with Crippen molar-refractivity contribution in [3.63, 3.8) is 0 Å². The first-order valence-corrected chi connectivity index (χ1v) is 14.6. The van der Waals surface area contributed by atoms with Gasteiger partial charge in [0.25, 0.3) is 0 Å². The molecule has 2 nitrogen and oxygen atoms in total. The fraction of sp³-hybridized carbons (Fsp3) is 0.625. The molecule has 2 fully saturated rings. The van der Waals surface area contributed by atoms with Gasteiger partial charge in [0.05, 0.1) is 13.0 Å². The highest BCUT2D eigenvalue weighted by Crippen LogP contribution is 2.44. The van der Waals surface area contributed by atoms with Gasteiger partial charge >= 0.3 is 6.11 Å². The summed E-state index contributed by atoms with van der Waals surface area (Å²) in [4.78, 5) is 0. The first-order chi connectivity index (χ1) is 18.3. The predicted octanol–water partition coefficient (Wildman–Crippen LogP) is 9.85. The molecule has 2 aliphatic carbocycles. The standard InChI is InChI=1S/C32H42F4O2/c1-3-5-22-6-10-24(11-7-22)26-14-16-27(17-15-26)25-12-8-23(9-13-25)20-21-32(35,36)38-29-19-18-28(37-4-2)30(33)31(29)34/h8-9,12-13,18-19,22,24,26-27H,3-7,10-11,14-17,20-21H2,1-2H3. The van der Waals surface area contributed by atoms with E-state index in [1.54, 1.807) is 6.92 Å². The van der Waals surface area contributed by atoms with Gasteiger partial charge in [-0.25, -0.2) is 0 Å². The van der Waals surface area contributed by atoms with Gasteiger partial charge in [-0.05, 0) is 98.8 Å². The molecular formula is C32H42F4O2. The van der Waals surface area contributed by atoms with E-state index in [2.05, 4.69) is 23.8 Å². The van der Waals surface area contributed by atoms with Crippen LogP contribution in [-0.2, 0) is 6.42 Å². The minimum Gasteiger partial charge on any atom is -0.491 e. The Morgan fingerprint density at radius 2 is 1.34 bits per heavy atom. The van der Waals surface area contributed by atoms with Crippen LogP contribution in [0.5, 0.6) is 11.5 Å². The fourth-order valence-corrected chi connectivity index (χ4v) is 6.60. The van der Waals surface area contributed by atoms with E-state index in [9.17, 15) is 17.6 Å². The summed E-state index contributed by atoms with van der Waals surface area (Å²) in [5.41, 5.74) is 2.06. The molecule has 0 amide bonds. The summed E-state index contributed by atoms with van der Waals surface area (Å²) in [6.07, 6.45) is 9.13. The highest BCUT2D eigenvalue weighted by molar-refractivity contribution is 5.35. The van der Waals surface area contributed by atoms with Gasteiger partial charge in [-0.3, -0.25) is 0 Å². The summed E-state index contributed by atoms with van der Waals surface area (Å²) in [5.74, 6) is -0.692. The van der Waals surface area contributed by atoms with Crippen molar-refractivity contribution in [3.05, 3.63) is 59.2 Å². The Morgan fingerprint density at radius 3 is 1.95 bits per heavy atom. The molecule has 2 aromatic rings. The third-order valence-corrected chi connectivity index (χ3v) is 8.75. The second kappa shape index (κ2) is 13.2. The van der Waals surface area contributed by atoms with Crippen LogP contribution in [0.15, 0.2) is 36.4 Å². The van der Waals surface area contributed by atoms with Crippen molar-refractivity contribution >= 4 is 0 Å². The van der Waals surface area contributed by atoms with Gasteiger partial charge in [-0.1, -0.05) is 56.9 Å². The van der Waals surface area contributed by atoms with Crippen LogP contribution in [0.4, 0.5) is 17.6 Å². The van der Waals surface area contributed by atoms with E-state index in [1.807, 2.05) is 12.1 Å². The Kier molecular flexibility index (Phi) is 10.00. The van der Waals surface area contributed by atoms with Gasteiger partial charge < -0.3 is 9.47 Å². The van der Waals surface area contributed by atoms with Crippen molar-refractivity contribution in [2.24, 2.45) is 17.8 Å². The van der Waals surface area contributed by atoms with Gasteiger partial charge in [0.15, 0.2) is 11.5 Å². The van der Waals surface area contributed by atoms with E-state index in [1.165, 1.54) is 69.8 Å². The highest BCUT2D eigenvalue weighted by atomic mass is 19.3. The Labute approximate surface area is 225 Å². The number of halogens is 4. The molecule has 2 saturated carbocycles. The van der Waals surface area contributed by atoms with E-state index >= 15 is 0 Å². The molecule has 0 saturated heterocycles. The van der Waals surface area contributed by atoms with Crippen LogP contribution < -0.4 is 9.47 Å². The average Bonchev–Trinajstić information content (AvgIpc) is 2.93. The number of benzene rings is 2. The van der Waals surface area contributed by atoms with E-state index in [0.29, 0.717) is 5.92 Å². The largest absolute Gasteiger partial charge is 0.491 e.